The fraction of sp³-hybridized carbons (Fsp3) is 0.846. The van der Waals surface area contributed by atoms with Gasteiger partial charge in [-0.25, -0.2) is 4.79 Å². The van der Waals surface area contributed by atoms with Crippen LogP contribution in [0.15, 0.2) is 0 Å². The van der Waals surface area contributed by atoms with E-state index in [0.29, 0.717) is 24.3 Å². The molecule has 0 aromatic heterocycles. The molecule has 1 fully saturated rings. The van der Waals surface area contributed by atoms with Gasteiger partial charge < -0.3 is 15.7 Å². The maximum atomic E-state index is 11.6. The van der Waals surface area contributed by atoms with Crippen LogP contribution in [0.2, 0.25) is 0 Å². The number of carbonyl (C=O) groups is 2. The molecule has 0 radical (unpaired) electrons. The molecule has 1 unspecified atom stereocenters. The Hall–Kier alpha value is -0.910. The summed E-state index contributed by atoms with van der Waals surface area (Å²) in [6.07, 6.45) is 5.25. The second-order valence-corrected chi connectivity index (χ2v) is 6.47. The standard InChI is InChI=1S/C13H24N2O3S/c1-9(19-2)7-14-13(18)15-8-10-3-5-11(6-4-10)12(16)17/h9-11H,3-8H2,1-2H3,(H,16,17)(H2,14,15,18). The first-order chi connectivity index (χ1) is 9.02. The lowest BCUT2D eigenvalue weighted by Crippen LogP contribution is -2.41. The van der Waals surface area contributed by atoms with Crippen molar-refractivity contribution < 1.29 is 14.7 Å². The molecule has 3 N–H and O–H groups in total. The van der Waals surface area contributed by atoms with Crippen LogP contribution in [0.3, 0.4) is 0 Å². The molecule has 1 aliphatic carbocycles. The largest absolute Gasteiger partial charge is 0.481 e. The van der Waals surface area contributed by atoms with Crippen molar-refractivity contribution >= 4 is 23.8 Å². The van der Waals surface area contributed by atoms with Crippen molar-refractivity contribution in [3.8, 4) is 0 Å². The molecule has 0 bridgehead atoms. The molecule has 0 heterocycles. The van der Waals surface area contributed by atoms with E-state index in [1.54, 1.807) is 11.8 Å². The van der Waals surface area contributed by atoms with E-state index >= 15 is 0 Å². The summed E-state index contributed by atoms with van der Waals surface area (Å²) in [6.45, 7) is 3.38. The van der Waals surface area contributed by atoms with E-state index in [4.69, 9.17) is 5.11 Å². The third-order valence-corrected chi connectivity index (χ3v) is 4.67. The SMILES string of the molecule is CSC(C)CNC(=O)NCC1CCC(C(=O)O)CC1. The second kappa shape index (κ2) is 8.30. The molecule has 1 rings (SSSR count). The van der Waals surface area contributed by atoms with Crippen molar-refractivity contribution in [3.05, 3.63) is 0 Å². The molecule has 1 aliphatic rings. The van der Waals surface area contributed by atoms with E-state index in [9.17, 15) is 9.59 Å². The van der Waals surface area contributed by atoms with Crippen LogP contribution in [0.25, 0.3) is 0 Å². The van der Waals surface area contributed by atoms with E-state index in [1.165, 1.54) is 0 Å². The summed E-state index contributed by atoms with van der Waals surface area (Å²) in [6, 6.07) is -0.124. The molecular weight excluding hydrogens is 264 g/mol. The number of hydrogen-bond acceptors (Lipinski definition) is 3. The molecule has 0 aromatic carbocycles. The van der Waals surface area contributed by atoms with Gasteiger partial charge in [0.15, 0.2) is 0 Å². The second-order valence-electron chi connectivity index (χ2n) is 5.19. The van der Waals surface area contributed by atoms with Crippen LogP contribution in [-0.4, -0.2) is 41.7 Å². The van der Waals surface area contributed by atoms with Crippen LogP contribution in [-0.2, 0) is 4.79 Å². The van der Waals surface area contributed by atoms with Gasteiger partial charge in [0.1, 0.15) is 0 Å². The molecule has 5 nitrogen and oxygen atoms in total. The van der Waals surface area contributed by atoms with Crippen molar-refractivity contribution in [2.24, 2.45) is 11.8 Å². The number of amides is 2. The first-order valence-electron chi connectivity index (χ1n) is 6.80. The van der Waals surface area contributed by atoms with Gasteiger partial charge in [-0.2, -0.15) is 11.8 Å². The highest BCUT2D eigenvalue weighted by atomic mass is 32.2. The van der Waals surface area contributed by atoms with Gasteiger partial charge in [0, 0.05) is 18.3 Å². The van der Waals surface area contributed by atoms with Crippen LogP contribution >= 0.6 is 11.8 Å². The van der Waals surface area contributed by atoms with E-state index in [2.05, 4.69) is 17.6 Å². The van der Waals surface area contributed by atoms with Crippen LogP contribution in [0, 0.1) is 11.8 Å². The summed E-state index contributed by atoms with van der Waals surface area (Å²) in [5, 5.41) is 15.0. The Morgan fingerprint density at radius 1 is 1.26 bits per heavy atom. The van der Waals surface area contributed by atoms with Gasteiger partial charge in [-0.15, -0.1) is 0 Å². The Morgan fingerprint density at radius 2 is 1.89 bits per heavy atom. The molecule has 2 amide bonds. The van der Waals surface area contributed by atoms with Crippen molar-refractivity contribution in [2.45, 2.75) is 37.9 Å². The first kappa shape index (κ1) is 16.1. The number of carboxylic acids is 1. The van der Waals surface area contributed by atoms with E-state index in [-0.39, 0.29) is 11.9 Å². The lowest BCUT2D eigenvalue weighted by atomic mass is 9.82. The Morgan fingerprint density at radius 3 is 2.42 bits per heavy atom. The molecule has 0 aliphatic heterocycles. The number of thioether (sulfide) groups is 1. The third-order valence-electron chi connectivity index (χ3n) is 3.70. The molecule has 1 saturated carbocycles. The lowest BCUT2D eigenvalue weighted by molar-refractivity contribution is -0.143. The monoisotopic (exact) mass is 288 g/mol. The topological polar surface area (TPSA) is 78.4 Å². The van der Waals surface area contributed by atoms with E-state index in [1.807, 2.05) is 6.26 Å². The van der Waals surface area contributed by atoms with Gasteiger partial charge in [-0.05, 0) is 37.9 Å². The number of aliphatic carboxylic acids is 1. The van der Waals surface area contributed by atoms with Crippen LogP contribution in [0.1, 0.15) is 32.6 Å². The number of urea groups is 1. The molecule has 0 spiro atoms. The zero-order chi connectivity index (χ0) is 14.3. The van der Waals surface area contributed by atoms with Gasteiger partial charge in [0.2, 0.25) is 0 Å². The molecule has 1 atom stereocenters. The van der Waals surface area contributed by atoms with Crippen LogP contribution in [0.5, 0.6) is 0 Å². The fourth-order valence-corrected chi connectivity index (χ4v) is 2.48. The minimum absolute atomic E-state index is 0.124. The normalized spacial score (nSPS) is 24.5. The summed E-state index contributed by atoms with van der Waals surface area (Å²) in [5.41, 5.74) is 0. The quantitative estimate of drug-likeness (QED) is 0.698. The molecular formula is C13H24N2O3S. The van der Waals surface area contributed by atoms with Crippen molar-refractivity contribution in [2.75, 3.05) is 19.3 Å². The van der Waals surface area contributed by atoms with Gasteiger partial charge >= 0.3 is 12.0 Å². The number of nitrogens with one attached hydrogen (secondary N) is 2. The Labute approximate surface area is 118 Å². The van der Waals surface area contributed by atoms with Gasteiger partial charge in [0.05, 0.1) is 5.92 Å². The maximum absolute atomic E-state index is 11.6. The van der Waals surface area contributed by atoms with Crippen molar-refractivity contribution in [3.63, 3.8) is 0 Å². The summed E-state index contributed by atoms with van der Waals surface area (Å²) >= 11 is 1.72. The highest BCUT2D eigenvalue weighted by Crippen LogP contribution is 2.28. The average molecular weight is 288 g/mol. The Balaban J connectivity index is 2.13. The van der Waals surface area contributed by atoms with Crippen LogP contribution < -0.4 is 10.6 Å². The number of carboxylic acid groups (broad SMARTS) is 1. The minimum Gasteiger partial charge on any atom is -0.481 e. The lowest BCUT2D eigenvalue weighted by Gasteiger charge is -2.26. The van der Waals surface area contributed by atoms with E-state index < -0.39 is 5.97 Å². The average Bonchev–Trinajstić information content (AvgIpc) is 2.42. The molecule has 0 aromatic rings. The predicted octanol–water partition coefficient (Wildman–Crippen LogP) is 1.93. The zero-order valence-electron chi connectivity index (χ0n) is 11.6. The van der Waals surface area contributed by atoms with Gasteiger partial charge in [-0.1, -0.05) is 6.92 Å². The third kappa shape index (κ3) is 6.18. The molecule has 0 saturated heterocycles. The Kier molecular flexibility index (Phi) is 7.05. The summed E-state index contributed by atoms with van der Waals surface area (Å²) in [4.78, 5) is 22.4. The summed E-state index contributed by atoms with van der Waals surface area (Å²) < 4.78 is 0. The van der Waals surface area contributed by atoms with Gasteiger partial charge in [-0.3, -0.25) is 4.79 Å². The number of rotatable bonds is 6. The zero-order valence-corrected chi connectivity index (χ0v) is 12.5. The van der Waals surface area contributed by atoms with Crippen LogP contribution in [0.4, 0.5) is 4.79 Å². The maximum Gasteiger partial charge on any atom is 0.314 e. The number of hydrogen-bond donors (Lipinski definition) is 3. The van der Waals surface area contributed by atoms with Crippen molar-refractivity contribution in [1.82, 2.24) is 10.6 Å². The molecule has 6 heteroatoms. The smallest absolute Gasteiger partial charge is 0.314 e. The highest BCUT2D eigenvalue weighted by Gasteiger charge is 2.25. The van der Waals surface area contributed by atoms with Gasteiger partial charge in [0.25, 0.3) is 0 Å². The van der Waals surface area contributed by atoms with Crippen molar-refractivity contribution in [1.29, 1.82) is 0 Å². The Bertz CT molecular complexity index is 304. The van der Waals surface area contributed by atoms with E-state index in [0.717, 1.165) is 25.7 Å². The summed E-state index contributed by atoms with van der Waals surface area (Å²) in [7, 11) is 0. The number of carbonyl (C=O) groups excluding carboxylic acids is 1. The fourth-order valence-electron chi connectivity index (χ4n) is 2.23. The minimum atomic E-state index is -0.685. The molecule has 19 heavy (non-hydrogen) atoms. The molecule has 110 valence electrons. The predicted molar refractivity (Wildman–Crippen MR) is 77.5 cm³/mol. The highest BCUT2D eigenvalue weighted by molar-refractivity contribution is 7.99. The summed E-state index contributed by atoms with van der Waals surface area (Å²) in [5.74, 6) is -0.456. The first-order valence-corrected chi connectivity index (χ1v) is 8.09.